The highest BCUT2D eigenvalue weighted by Gasteiger charge is 2.06. The molecule has 0 radical (unpaired) electrons. The standard InChI is InChI=1S/C13H18INO2/c1-2-11(16)7-8-15-13(17)9-10-5-3-4-6-12(10)14/h3-6,11,16H,2,7-9H2,1H3,(H,15,17). The Morgan fingerprint density at radius 2 is 2.18 bits per heavy atom. The largest absolute Gasteiger partial charge is 0.393 e. The van der Waals surface area contributed by atoms with Crippen LogP contribution in [-0.4, -0.2) is 23.7 Å². The third kappa shape index (κ3) is 5.50. The summed E-state index contributed by atoms with van der Waals surface area (Å²) in [6, 6.07) is 7.85. The summed E-state index contributed by atoms with van der Waals surface area (Å²) in [5.74, 6) is 0.0115. The maximum atomic E-state index is 11.6. The summed E-state index contributed by atoms with van der Waals surface area (Å²) < 4.78 is 1.11. The van der Waals surface area contributed by atoms with E-state index in [2.05, 4.69) is 27.9 Å². The van der Waals surface area contributed by atoms with Crippen molar-refractivity contribution in [3.05, 3.63) is 33.4 Å². The maximum Gasteiger partial charge on any atom is 0.224 e. The number of amides is 1. The Morgan fingerprint density at radius 1 is 1.47 bits per heavy atom. The van der Waals surface area contributed by atoms with E-state index in [0.717, 1.165) is 15.6 Å². The number of aliphatic hydroxyl groups is 1. The third-order valence-corrected chi connectivity index (χ3v) is 3.63. The minimum Gasteiger partial charge on any atom is -0.393 e. The van der Waals surface area contributed by atoms with Gasteiger partial charge in [-0.1, -0.05) is 25.1 Å². The second-order valence-electron chi connectivity index (χ2n) is 3.97. The zero-order chi connectivity index (χ0) is 12.7. The van der Waals surface area contributed by atoms with Crippen LogP contribution >= 0.6 is 22.6 Å². The zero-order valence-electron chi connectivity index (χ0n) is 9.95. The predicted octanol–water partition coefficient (Wildman–Crippen LogP) is 2.11. The number of carbonyl (C=O) groups excluding carboxylic acids is 1. The normalized spacial score (nSPS) is 12.2. The Bertz CT molecular complexity index is 368. The number of carbonyl (C=O) groups is 1. The second-order valence-corrected chi connectivity index (χ2v) is 5.13. The van der Waals surface area contributed by atoms with E-state index in [4.69, 9.17) is 0 Å². The molecule has 1 rings (SSSR count). The number of nitrogens with one attached hydrogen (secondary N) is 1. The fourth-order valence-corrected chi connectivity index (χ4v) is 2.04. The molecular weight excluding hydrogens is 329 g/mol. The molecule has 1 unspecified atom stereocenters. The molecule has 3 nitrogen and oxygen atoms in total. The van der Waals surface area contributed by atoms with E-state index in [1.165, 1.54) is 0 Å². The van der Waals surface area contributed by atoms with Crippen LogP contribution in [0, 0.1) is 3.57 Å². The van der Waals surface area contributed by atoms with Crippen LogP contribution in [0.3, 0.4) is 0 Å². The molecule has 1 aromatic carbocycles. The van der Waals surface area contributed by atoms with Crippen LogP contribution in [-0.2, 0) is 11.2 Å². The van der Waals surface area contributed by atoms with E-state index >= 15 is 0 Å². The summed E-state index contributed by atoms with van der Waals surface area (Å²) in [4.78, 5) is 11.6. The van der Waals surface area contributed by atoms with Gasteiger partial charge in [0.15, 0.2) is 0 Å². The molecule has 2 N–H and O–H groups in total. The van der Waals surface area contributed by atoms with Crippen molar-refractivity contribution in [2.24, 2.45) is 0 Å². The second kappa shape index (κ2) is 7.66. The van der Waals surface area contributed by atoms with Crippen LogP contribution in [0.1, 0.15) is 25.3 Å². The van der Waals surface area contributed by atoms with Gasteiger partial charge in [-0.3, -0.25) is 4.79 Å². The molecule has 0 saturated heterocycles. The van der Waals surface area contributed by atoms with E-state index in [0.29, 0.717) is 19.4 Å². The van der Waals surface area contributed by atoms with Gasteiger partial charge >= 0.3 is 0 Å². The number of hydrogen-bond acceptors (Lipinski definition) is 2. The van der Waals surface area contributed by atoms with Gasteiger partial charge in [0.2, 0.25) is 5.91 Å². The van der Waals surface area contributed by atoms with E-state index < -0.39 is 0 Å². The van der Waals surface area contributed by atoms with E-state index in [-0.39, 0.29) is 12.0 Å². The van der Waals surface area contributed by atoms with E-state index in [1.54, 1.807) is 0 Å². The SMILES string of the molecule is CCC(O)CCNC(=O)Cc1ccccc1I. The average molecular weight is 347 g/mol. The van der Waals surface area contributed by atoms with Crippen molar-refractivity contribution < 1.29 is 9.90 Å². The first kappa shape index (κ1) is 14.4. The summed E-state index contributed by atoms with van der Waals surface area (Å²) in [6.45, 7) is 2.47. The van der Waals surface area contributed by atoms with Crippen molar-refractivity contribution in [2.45, 2.75) is 32.3 Å². The lowest BCUT2D eigenvalue weighted by Gasteiger charge is -2.09. The minimum absolute atomic E-state index is 0.0115. The summed E-state index contributed by atoms with van der Waals surface area (Å²) in [6.07, 6.45) is 1.44. The molecule has 1 atom stereocenters. The molecule has 0 saturated carbocycles. The van der Waals surface area contributed by atoms with Gasteiger partial charge in [-0.05, 0) is 47.1 Å². The topological polar surface area (TPSA) is 49.3 Å². The third-order valence-electron chi connectivity index (χ3n) is 2.58. The number of benzene rings is 1. The van der Waals surface area contributed by atoms with Gasteiger partial charge in [-0.2, -0.15) is 0 Å². The highest BCUT2D eigenvalue weighted by molar-refractivity contribution is 14.1. The van der Waals surface area contributed by atoms with E-state index in [1.807, 2.05) is 31.2 Å². The van der Waals surface area contributed by atoms with Crippen molar-refractivity contribution in [1.29, 1.82) is 0 Å². The van der Waals surface area contributed by atoms with Crippen molar-refractivity contribution in [3.8, 4) is 0 Å². The minimum atomic E-state index is -0.313. The number of halogens is 1. The lowest BCUT2D eigenvalue weighted by atomic mass is 10.1. The molecule has 0 spiro atoms. The average Bonchev–Trinajstić information content (AvgIpc) is 2.32. The van der Waals surface area contributed by atoms with Gasteiger partial charge < -0.3 is 10.4 Å². The quantitative estimate of drug-likeness (QED) is 0.775. The van der Waals surface area contributed by atoms with Crippen molar-refractivity contribution in [2.75, 3.05) is 6.54 Å². The summed E-state index contributed by atoms with van der Waals surface area (Å²) in [5, 5.41) is 12.2. The van der Waals surface area contributed by atoms with Crippen molar-refractivity contribution >= 4 is 28.5 Å². The lowest BCUT2D eigenvalue weighted by Crippen LogP contribution is -2.28. The molecule has 1 aromatic rings. The maximum absolute atomic E-state index is 11.6. The Kier molecular flexibility index (Phi) is 6.50. The molecule has 1 amide bonds. The van der Waals surface area contributed by atoms with Crippen LogP contribution in [0.2, 0.25) is 0 Å². The van der Waals surface area contributed by atoms with Crippen LogP contribution in [0.4, 0.5) is 0 Å². The lowest BCUT2D eigenvalue weighted by molar-refractivity contribution is -0.120. The summed E-state index contributed by atoms with van der Waals surface area (Å²) in [5.41, 5.74) is 1.04. The molecular formula is C13H18INO2. The van der Waals surface area contributed by atoms with Crippen LogP contribution < -0.4 is 5.32 Å². The monoisotopic (exact) mass is 347 g/mol. The van der Waals surface area contributed by atoms with Gasteiger partial charge in [0.05, 0.1) is 12.5 Å². The van der Waals surface area contributed by atoms with Crippen LogP contribution in [0.15, 0.2) is 24.3 Å². The highest BCUT2D eigenvalue weighted by Crippen LogP contribution is 2.11. The van der Waals surface area contributed by atoms with Gasteiger partial charge in [-0.15, -0.1) is 0 Å². The van der Waals surface area contributed by atoms with Crippen LogP contribution in [0.25, 0.3) is 0 Å². The van der Waals surface area contributed by atoms with Crippen molar-refractivity contribution in [3.63, 3.8) is 0 Å². The first-order chi connectivity index (χ1) is 8.13. The molecule has 17 heavy (non-hydrogen) atoms. The summed E-state index contributed by atoms with van der Waals surface area (Å²) in [7, 11) is 0. The van der Waals surface area contributed by atoms with Crippen molar-refractivity contribution in [1.82, 2.24) is 5.32 Å². The molecule has 0 fully saturated rings. The first-order valence-electron chi connectivity index (χ1n) is 5.81. The van der Waals surface area contributed by atoms with Gasteiger partial charge in [-0.25, -0.2) is 0 Å². The van der Waals surface area contributed by atoms with E-state index in [9.17, 15) is 9.90 Å². The Labute approximate surface area is 116 Å². The smallest absolute Gasteiger partial charge is 0.224 e. The molecule has 0 bridgehead atoms. The Morgan fingerprint density at radius 3 is 2.82 bits per heavy atom. The number of hydrogen-bond donors (Lipinski definition) is 2. The fraction of sp³-hybridized carbons (Fsp3) is 0.462. The molecule has 0 aromatic heterocycles. The fourth-order valence-electron chi connectivity index (χ4n) is 1.46. The zero-order valence-corrected chi connectivity index (χ0v) is 12.1. The Hall–Kier alpha value is -0.620. The summed E-state index contributed by atoms with van der Waals surface area (Å²) >= 11 is 2.23. The number of aliphatic hydroxyl groups excluding tert-OH is 1. The van der Waals surface area contributed by atoms with Gasteiger partial charge in [0.1, 0.15) is 0 Å². The van der Waals surface area contributed by atoms with Crippen LogP contribution in [0.5, 0.6) is 0 Å². The molecule has 0 aliphatic rings. The Balaban J connectivity index is 2.33. The predicted molar refractivity (Wildman–Crippen MR) is 76.8 cm³/mol. The number of rotatable bonds is 6. The highest BCUT2D eigenvalue weighted by atomic mass is 127. The molecule has 0 heterocycles. The molecule has 0 aliphatic heterocycles. The molecule has 94 valence electrons. The first-order valence-corrected chi connectivity index (χ1v) is 6.89. The molecule has 4 heteroatoms. The van der Waals surface area contributed by atoms with Gasteiger partial charge in [0, 0.05) is 10.1 Å². The van der Waals surface area contributed by atoms with Gasteiger partial charge in [0.25, 0.3) is 0 Å². The molecule has 0 aliphatic carbocycles.